The first-order valence-corrected chi connectivity index (χ1v) is 12.8. The second-order valence-corrected chi connectivity index (χ2v) is 8.82. The van der Waals surface area contributed by atoms with Crippen LogP contribution in [0.15, 0.2) is 65.8 Å². The lowest BCUT2D eigenvalue weighted by Gasteiger charge is -2.12. The van der Waals surface area contributed by atoms with Gasteiger partial charge in [-0.2, -0.15) is 5.10 Å². The summed E-state index contributed by atoms with van der Waals surface area (Å²) in [6.45, 7) is 7.91. The summed E-state index contributed by atoms with van der Waals surface area (Å²) in [5, 5.41) is 17.9. The maximum absolute atomic E-state index is 12.9. The van der Waals surface area contributed by atoms with E-state index in [0.717, 1.165) is 12.3 Å². The number of amides is 2. The summed E-state index contributed by atoms with van der Waals surface area (Å²) in [6.07, 6.45) is 1.13. The molecule has 0 saturated carbocycles. The van der Waals surface area contributed by atoms with Gasteiger partial charge in [0.2, 0.25) is 5.91 Å². The Morgan fingerprint density at radius 2 is 1.54 bits per heavy atom. The van der Waals surface area contributed by atoms with Gasteiger partial charge in [-0.1, -0.05) is 13.8 Å². The van der Waals surface area contributed by atoms with E-state index in [1.165, 1.54) is 36.4 Å². The van der Waals surface area contributed by atoms with Gasteiger partial charge in [-0.3, -0.25) is 19.7 Å². The maximum atomic E-state index is 12.9. The molecule has 0 atom stereocenters. The molecule has 12 nitrogen and oxygen atoms in total. The lowest BCUT2D eigenvalue weighted by Crippen LogP contribution is -2.19. The van der Waals surface area contributed by atoms with Crippen molar-refractivity contribution in [3.8, 4) is 17.2 Å². The van der Waals surface area contributed by atoms with Crippen LogP contribution in [0.25, 0.3) is 0 Å². The summed E-state index contributed by atoms with van der Waals surface area (Å²) in [5.74, 6) is -0.838. The molecule has 0 aromatic heterocycles. The molecular weight excluding hydrogens is 532 g/mol. The molecule has 0 heterocycles. The van der Waals surface area contributed by atoms with Gasteiger partial charge < -0.3 is 19.5 Å². The number of esters is 1. The summed E-state index contributed by atoms with van der Waals surface area (Å²) in [6, 6.07) is 14.4. The third-order valence-corrected chi connectivity index (χ3v) is 5.49. The lowest BCUT2D eigenvalue weighted by atomic mass is 10.1. The minimum Gasteiger partial charge on any atom is -0.490 e. The Hall–Kier alpha value is -5.26. The van der Waals surface area contributed by atoms with Crippen molar-refractivity contribution in [2.75, 3.05) is 18.5 Å². The molecule has 41 heavy (non-hydrogen) atoms. The number of carbonyl (C=O) groups excluding carboxylic acids is 3. The number of benzene rings is 3. The first-order valence-electron chi connectivity index (χ1n) is 12.8. The molecule has 3 aromatic carbocycles. The largest absolute Gasteiger partial charge is 0.490 e. The number of hydrogen-bond acceptors (Lipinski definition) is 9. The van der Waals surface area contributed by atoms with Crippen LogP contribution < -0.4 is 25.0 Å². The van der Waals surface area contributed by atoms with Gasteiger partial charge in [0.1, 0.15) is 5.75 Å². The SMILES string of the molecule is CCOc1ccc(C(=O)Oc2ccc([N+](=O)[O-])cc2/C=N/NC(=O)c2ccc(NC(=O)C(C)C)cc2)cc1OCC. The first-order chi connectivity index (χ1) is 19.6. The Morgan fingerprint density at radius 3 is 2.17 bits per heavy atom. The van der Waals surface area contributed by atoms with Crippen molar-refractivity contribution in [2.24, 2.45) is 11.0 Å². The molecule has 0 saturated heterocycles. The predicted octanol–water partition coefficient (Wildman–Crippen LogP) is 4.97. The van der Waals surface area contributed by atoms with Gasteiger partial charge in [0.15, 0.2) is 11.5 Å². The Morgan fingerprint density at radius 1 is 0.902 bits per heavy atom. The van der Waals surface area contributed by atoms with Gasteiger partial charge in [0, 0.05) is 34.9 Å². The van der Waals surface area contributed by atoms with Gasteiger partial charge in [-0.05, 0) is 62.4 Å². The van der Waals surface area contributed by atoms with Crippen LogP contribution in [-0.4, -0.2) is 42.1 Å². The van der Waals surface area contributed by atoms with Gasteiger partial charge in [-0.25, -0.2) is 10.2 Å². The van der Waals surface area contributed by atoms with Gasteiger partial charge in [0.25, 0.3) is 11.6 Å². The van der Waals surface area contributed by atoms with E-state index in [9.17, 15) is 24.5 Å². The van der Waals surface area contributed by atoms with Crippen molar-refractivity contribution < 1.29 is 33.5 Å². The summed E-state index contributed by atoms with van der Waals surface area (Å²) < 4.78 is 16.6. The van der Waals surface area contributed by atoms with Crippen molar-refractivity contribution in [1.29, 1.82) is 0 Å². The van der Waals surface area contributed by atoms with Crippen LogP contribution in [0.5, 0.6) is 17.2 Å². The molecule has 0 bridgehead atoms. The average molecular weight is 563 g/mol. The zero-order chi connectivity index (χ0) is 29.9. The molecule has 2 amide bonds. The average Bonchev–Trinajstić information content (AvgIpc) is 2.95. The molecule has 3 aromatic rings. The molecule has 0 aliphatic heterocycles. The number of rotatable bonds is 12. The highest BCUT2D eigenvalue weighted by Gasteiger charge is 2.17. The number of nitrogens with one attached hydrogen (secondary N) is 2. The van der Waals surface area contributed by atoms with Crippen molar-refractivity contribution in [3.63, 3.8) is 0 Å². The smallest absolute Gasteiger partial charge is 0.343 e. The minimum atomic E-state index is -0.744. The Balaban J connectivity index is 1.77. The zero-order valence-electron chi connectivity index (χ0n) is 23.0. The number of carbonyl (C=O) groups is 3. The minimum absolute atomic E-state index is 0.0179. The number of hydrogen-bond donors (Lipinski definition) is 2. The van der Waals surface area contributed by atoms with E-state index in [-0.39, 0.29) is 40.0 Å². The fourth-order valence-corrected chi connectivity index (χ4v) is 3.40. The Bertz CT molecular complexity index is 1450. The summed E-state index contributed by atoms with van der Waals surface area (Å²) in [4.78, 5) is 48.0. The Labute approximate surface area is 236 Å². The predicted molar refractivity (Wildman–Crippen MR) is 152 cm³/mol. The zero-order valence-corrected chi connectivity index (χ0v) is 23.0. The van der Waals surface area contributed by atoms with E-state index in [4.69, 9.17) is 14.2 Å². The van der Waals surface area contributed by atoms with Crippen molar-refractivity contribution in [3.05, 3.63) is 87.5 Å². The molecule has 3 rings (SSSR count). The van der Waals surface area contributed by atoms with Crippen molar-refractivity contribution >= 4 is 35.4 Å². The highest BCUT2D eigenvalue weighted by Crippen LogP contribution is 2.30. The second-order valence-electron chi connectivity index (χ2n) is 8.82. The summed E-state index contributed by atoms with van der Waals surface area (Å²) in [5.41, 5.74) is 3.10. The summed E-state index contributed by atoms with van der Waals surface area (Å²) in [7, 11) is 0. The molecule has 0 fully saturated rings. The molecule has 0 spiro atoms. The van der Waals surface area contributed by atoms with Crippen molar-refractivity contribution in [2.45, 2.75) is 27.7 Å². The molecule has 0 unspecified atom stereocenters. The topological polar surface area (TPSA) is 158 Å². The highest BCUT2D eigenvalue weighted by atomic mass is 16.6. The number of hydrazone groups is 1. The fraction of sp³-hybridized carbons (Fsp3) is 0.241. The number of nitro benzene ring substituents is 1. The quantitative estimate of drug-likeness (QED) is 0.103. The molecule has 0 aliphatic rings. The van der Waals surface area contributed by atoms with Crippen LogP contribution >= 0.6 is 0 Å². The van der Waals surface area contributed by atoms with Crippen LogP contribution in [0.2, 0.25) is 0 Å². The third kappa shape index (κ3) is 8.36. The van der Waals surface area contributed by atoms with E-state index < -0.39 is 16.8 Å². The Kier molecular flexibility index (Phi) is 10.5. The van der Waals surface area contributed by atoms with Gasteiger partial charge in [-0.15, -0.1) is 0 Å². The number of anilines is 1. The number of ether oxygens (including phenoxy) is 3. The van der Waals surface area contributed by atoms with Crippen LogP contribution in [0, 0.1) is 16.0 Å². The van der Waals surface area contributed by atoms with Crippen LogP contribution in [0.4, 0.5) is 11.4 Å². The highest BCUT2D eigenvalue weighted by molar-refractivity contribution is 5.97. The van der Waals surface area contributed by atoms with E-state index >= 15 is 0 Å². The normalized spacial score (nSPS) is 10.8. The summed E-state index contributed by atoms with van der Waals surface area (Å²) >= 11 is 0. The molecule has 214 valence electrons. The van der Waals surface area contributed by atoms with Crippen LogP contribution in [0.3, 0.4) is 0 Å². The number of non-ortho nitro benzene ring substituents is 1. The number of nitro groups is 1. The van der Waals surface area contributed by atoms with Crippen molar-refractivity contribution in [1.82, 2.24) is 5.43 Å². The van der Waals surface area contributed by atoms with Gasteiger partial charge in [0.05, 0.1) is 29.9 Å². The standard InChI is InChI=1S/C29H30N4O8/c1-5-39-25-13-9-20(16-26(25)40-6-2)29(36)41-24-14-12-23(33(37)38)15-21(24)17-30-32-28(35)19-7-10-22(11-8-19)31-27(34)18(3)4/h7-18H,5-6H2,1-4H3,(H,31,34)(H,32,35)/b30-17+. The van der Waals surface area contributed by atoms with E-state index in [2.05, 4.69) is 15.8 Å². The van der Waals surface area contributed by atoms with E-state index in [0.29, 0.717) is 30.4 Å². The monoisotopic (exact) mass is 562 g/mol. The molecule has 0 aliphatic carbocycles. The molecule has 0 radical (unpaired) electrons. The van der Waals surface area contributed by atoms with Gasteiger partial charge >= 0.3 is 5.97 Å². The fourth-order valence-electron chi connectivity index (χ4n) is 3.40. The third-order valence-electron chi connectivity index (χ3n) is 5.49. The second kappa shape index (κ2) is 14.2. The first kappa shape index (κ1) is 30.3. The van der Waals surface area contributed by atoms with E-state index in [1.807, 2.05) is 6.92 Å². The van der Waals surface area contributed by atoms with Crippen LogP contribution in [-0.2, 0) is 4.79 Å². The number of nitrogens with zero attached hydrogens (tertiary/aromatic N) is 2. The molecule has 12 heteroatoms. The molecule has 2 N–H and O–H groups in total. The van der Waals surface area contributed by atoms with Crippen LogP contribution in [0.1, 0.15) is 54.0 Å². The molecular formula is C29H30N4O8. The maximum Gasteiger partial charge on any atom is 0.343 e. The lowest BCUT2D eigenvalue weighted by molar-refractivity contribution is -0.384. The van der Waals surface area contributed by atoms with E-state index in [1.54, 1.807) is 39.0 Å².